The van der Waals surface area contributed by atoms with Crippen LogP contribution < -0.4 is 21.3 Å². The van der Waals surface area contributed by atoms with Gasteiger partial charge in [-0.25, -0.2) is 4.79 Å². The van der Waals surface area contributed by atoms with Gasteiger partial charge in [0, 0.05) is 56.8 Å². The van der Waals surface area contributed by atoms with Crippen LogP contribution in [-0.4, -0.2) is 47.4 Å². The van der Waals surface area contributed by atoms with Gasteiger partial charge in [0.15, 0.2) is 0 Å². The highest BCUT2D eigenvalue weighted by Crippen LogP contribution is 2.42. The number of hydrogen-bond acceptors (Lipinski definition) is 10. The van der Waals surface area contributed by atoms with E-state index in [1.54, 1.807) is 0 Å². The minimum absolute atomic E-state index is 0.0652. The normalized spacial score (nSPS) is 20.0. The molecule has 0 bridgehead atoms. The van der Waals surface area contributed by atoms with Crippen LogP contribution in [0.25, 0.3) is 21.5 Å². The van der Waals surface area contributed by atoms with Gasteiger partial charge in [-0.05, 0) is 74.7 Å². The fraction of sp³-hybridized carbons (Fsp3) is 0.317. The lowest BCUT2D eigenvalue weighted by Crippen LogP contribution is -2.41. The summed E-state index contributed by atoms with van der Waals surface area (Å²) in [5, 5.41) is 36.0. The first-order valence-electron chi connectivity index (χ1n) is 18.2. The predicted octanol–water partition coefficient (Wildman–Crippen LogP) is 10.2. The number of azo groups is 2. The number of hydrogen-bond donors (Lipinski definition) is 4. The molecule has 3 aliphatic heterocycles. The number of rotatable bonds is 12. The third-order valence-electron chi connectivity index (χ3n) is 9.98. The van der Waals surface area contributed by atoms with Crippen LogP contribution in [0.4, 0.5) is 38.9 Å². The molecule has 0 unspecified atom stereocenters. The van der Waals surface area contributed by atoms with Gasteiger partial charge < -0.3 is 26.0 Å². The number of fused-ring (bicyclic) bond motifs is 2. The molecule has 0 radical (unpaired) electrons. The van der Waals surface area contributed by atoms with E-state index < -0.39 is 0 Å². The van der Waals surface area contributed by atoms with E-state index in [1.807, 2.05) is 84.6 Å². The van der Waals surface area contributed by atoms with Gasteiger partial charge in [-0.1, -0.05) is 55.0 Å². The molecule has 8 rings (SSSR count). The molecule has 5 aromatic carbocycles. The van der Waals surface area contributed by atoms with Crippen LogP contribution in [0.15, 0.2) is 111 Å². The number of nitrogens with one attached hydrogen (secondary N) is 4. The monoisotopic (exact) mass is 726 g/mol. The summed E-state index contributed by atoms with van der Waals surface area (Å²) in [4.78, 5) is 23.9. The van der Waals surface area contributed by atoms with Crippen molar-refractivity contribution in [3.63, 3.8) is 0 Å². The van der Waals surface area contributed by atoms with Crippen LogP contribution in [0.3, 0.4) is 0 Å². The molecule has 3 aliphatic rings. The maximum Gasteiger partial charge on any atom is 0.315 e. The Hall–Kier alpha value is -5.49. The first kappa shape index (κ1) is 34.6. The molecule has 0 aliphatic carbocycles. The zero-order chi connectivity index (χ0) is 36.4. The number of thioether (sulfide) groups is 1. The van der Waals surface area contributed by atoms with Gasteiger partial charge in [0.05, 0.1) is 41.4 Å². The van der Waals surface area contributed by atoms with Crippen molar-refractivity contribution in [3.8, 4) is 0 Å². The maximum atomic E-state index is 12.3. The van der Waals surface area contributed by atoms with Crippen molar-refractivity contribution >= 4 is 79.4 Å². The number of carbonyl (C=O) groups excluding carboxylic acids is 2. The number of esters is 1. The highest BCUT2D eigenvalue weighted by atomic mass is 32.2. The second-order valence-corrected chi connectivity index (χ2v) is 15.6. The van der Waals surface area contributed by atoms with E-state index >= 15 is 0 Å². The summed E-state index contributed by atoms with van der Waals surface area (Å²) in [7, 11) is 0. The number of urea groups is 1. The van der Waals surface area contributed by atoms with Gasteiger partial charge in [-0.3, -0.25) is 4.79 Å². The Labute approximate surface area is 312 Å². The molecule has 0 aromatic heterocycles. The van der Waals surface area contributed by atoms with Gasteiger partial charge in [0.1, 0.15) is 5.66 Å². The van der Waals surface area contributed by atoms with E-state index in [2.05, 4.69) is 63.5 Å². The van der Waals surface area contributed by atoms with Gasteiger partial charge in [-0.15, -0.1) is 15.3 Å². The lowest BCUT2D eigenvalue weighted by molar-refractivity contribution is -0.143. The number of ether oxygens (including phenoxy) is 1. The van der Waals surface area contributed by atoms with Crippen molar-refractivity contribution < 1.29 is 14.3 Å². The van der Waals surface area contributed by atoms with Crippen molar-refractivity contribution in [1.82, 2.24) is 10.6 Å². The van der Waals surface area contributed by atoms with Crippen molar-refractivity contribution in [3.05, 3.63) is 96.6 Å². The lowest BCUT2D eigenvalue weighted by atomic mass is 10.00. The van der Waals surface area contributed by atoms with Crippen LogP contribution in [0, 0.1) is 0 Å². The molecule has 0 spiro atoms. The van der Waals surface area contributed by atoms with Gasteiger partial charge in [-0.2, -0.15) is 16.9 Å². The summed E-state index contributed by atoms with van der Waals surface area (Å²) in [5.74, 6) is 0.781. The first-order valence-corrected chi connectivity index (χ1v) is 19.3. The van der Waals surface area contributed by atoms with Crippen LogP contribution in [0.5, 0.6) is 0 Å². The summed E-state index contributed by atoms with van der Waals surface area (Å²) in [5.41, 5.74) is 5.98. The van der Waals surface area contributed by atoms with E-state index in [1.165, 1.54) is 0 Å². The number of benzene rings is 5. The number of amides is 2. The molecule has 11 nitrogen and oxygen atoms in total. The van der Waals surface area contributed by atoms with Crippen LogP contribution in [0.2, 0.25) is 0 Å². The Morgan fingerprint density at radius 2 is 1.43 bits per heavy atom. The van der Waals surface area contributed by atoms with Crippen molar-refractivity contribution in [2.45, 2.75) is 68.9 Å². The Morgan fingerprint density at radius 1 is 0.774 bits per heavy atom. The molecule has 2 amide bonds. The predicted molar refractivity (Wildman–Crippen MR) is 213 cm³/mol. The summed E-state index contributed by atoms with van der Waals surface area (Å²) in [6, 6.07) is 30.3. The molecule has 4 N–H and O–H groups in total. The molecule has 2 saturated heterocycles. The molecule has 0 saturated carbocycles. The molecule has 5 aromatic rings. The Balaban J connectivity index is 0.850. The second-order valence-electron chi connectivity index (χ2n) is 14.3. The Morgan fingerprint density at radius 3 is 2.19 bits per heavy atom. The average molecular weight is 727 g/mol. The molecular weight excluding hydrogens is 685 g/mol. The van der Waals surface area contributed by atoms with Crippen LogP contribution >= 0.6 is 11.8 Å². The number of unbranched alkanes of at least 4 members (excludes halogenated alkanes) is 1. The number of nitrogens with zero attached hydrogens (tertiary/aromatic N) is 4. The summed E-state index contributed by atoms with van der Waals surface area (Å²) >= 11 is 1.90. The van der Waals surface area contributed by atoms with E-state index in [4.69, 9.17) is 15.0 Å². The molecule has 3 atom stereocenters. The second kappa shape index (κ2) is 14.9. The quantitative estimate of drug-likeness (QED) is 0.0437. The molecule has 2 fully saturated rings. The third kappa shape index (κ3) is 7.68. The minimum atomic E-state index is -0.249. The summed E-state index contributed by atoms with van der Waals surface area (Å²) in [6.45, 7) is 4.57. The minimum Gasteiger partial charge on any atom is -0.465 e. The fourth-order valence-corrected chi connectivity index (χ4v) is 8.94. The van der Waals surface area contributed by atoms with Gasteiger partial charge in [0.25, 0.3) is 0 Å². The van der Waals surface area contributed by atoms with Gasteiger partial charge >= 0.3 is 12.0 Å². The topological polar surface area (TPSA) is 141 Å². The summed E-state index contributed by atoms with van der Waals surface area (Å²) in [6.07, 6.45) is 3.76. The molecule has 270 valence electrons. The zero-order valence-electron chi connectivity index (χ0n) is 29.8. The SMILES string of the molecule is CC1(C)Nc2cccc3c(/N=N/c4ccc(N=Nc5ccc(CCOC(=O)CCCC[C@H]6SC[C@H]7NC(=O)N[C@H]76)cc5)c5ccccc45)ccc(c23)N1. The standard InChI is InChI=1S/C41H42N8O3S/c1-41(2)44-33-11-7-10-29-32(20-21-34(45-41)38(29)33)49-48-31-19-18-30(27-8-3-4-9-28(27)31)47-46-26-16-14-25(15-17-26)22-23-52-37(50)13-6-5-12-36-39-35(24-53-36)42-40(51)43-39/h3-4,7-11,14-21,35-36,39,44-45H,5-6,12-13,22-24H2,1-2H3,(H2,42,43,51)/b47-46?,49-48+/t35-,36-,39-/m1/s1. The van der Waals surface area contributed by atoms with Crippen molar-refractivity contribution in [2.75, 3.05) is 23.0 Å². The average Bonchev–Trinajstić information content (AvgIpc) is 3.71. The fourth-order valence-electron chi connectivity index (χ4n) is 7.39. The highest BCUT2D eigenvalue weighted by Gasteiger charge is 2.42. The summed E-state index contributed by atoms with van der Waals surface area (Å²) < 4.78 is 5.50. The largest absolute Gasteiger partial charge is 0.465 e. The van der Waals surface area contributed by atoms with E-state index in [9.17, 15) is 9.59 Å². The number of anilines is 2. The zero-order valence-corrected chi connectivity index (χ0v) is 30.6. The highest BCUT2D eigenvalue weighted by molar-refractivity contribution is 8.00. The first-order chi connectivity index (χ1) is 25.8. The smallest absolute Gasteiger partial charge is 0.315 e. The van der Waals surface area contributed by atoms with Crippen molar-refractivity contribution in [1.29, 1.82) is 0 Å². The number of carbonyl (C=O) groups is 2. The molecule has 12 heteroatoms. The van der Waals surface area contributed by atoms with Crippen LogP contribution in [0.1, 0.15) is 45.1 Å². The van der Waals surface area contributed by atoms with Crippen LogP contribution in [-0.2, 0) is 16.0 Å². The van der Waals surface area contributed by atoms with Gasteiger partial charge in [0.2, 0.25) is 0 Å². The van der Waals surface area contributed by atoms with E-state index in [0.29, 0.717) is 24.7 Å². The Bertz CT molecular complexity index is 2220. The lowest BCUT2D eigenvalue weighted by Gasteiger charge is -2.36. The molecule has 3 heterocycles. The molecule has 53 heavy (non-hydrogen) atoms. The van der Waals surface area contributed by atoms with E-state index in [0.717, 1.165) is 86.2 Å². The van der Waals surface area contributed by atoms with Crippen molar-refractivity contribution in [2.24, 2.45) is 20.5 Å². The molecular formula is C41H42N8O3S. The van der Waals surface area contributed by atoms with E-state index in [-0.39, 0.29) is 29.7 Å². The Kier molecular flexibility index (Phi) is 9.70. The third-order valence-corrected chi connectivity index (χ3v) is 11.5. The maximum absolute atomic E-state index is 12.3.